The van der Waals surface area contributed by atoms with E-state index in [0.717, 1.165) is 11.3 Å². The van der Waals surface area contributed by atoms with Gasteiger partial charge in [-0.15, -0.1) is 11.3 Å². The highest BCUT2D eigenvalue weighted by Crippen LogP contribution is 2.26. The molecule has 0 spiro atoms. The highest BCUT2D eigenvalue weighted by atomic mass is 32.2. The number of hydrogen-bond acceptors (Lipinski definition) is 5. The Bertz CT molecular complexity index is 708. The van der Waals surface area contributed by atoms with Crippen LogP contribution in [-0.2, 0) is 14.8 Å². The molecule has 1 N–H and O–H groups in total. The molecule has 0 aliphatic rings. The summed E-state index contributed by atoms with van der Waals surface area (Å²) < 4.78 is 31.1. The van der Waals surface area contributed by atoms with Crippen LogP contribution >= 0.6 is 11.3 Å². The van der Waals surface area contributed by atoms with E-state index in [9.17, 15) is 13.2 Å². The van der Waals surface area contributed by atoms with Gasteiger partial charge in [0.15, 0.2) is 6.61 Å². The van der Waals surface area contributed by atoms with Crippen LogP contribution in [0.15, 0.2) is 46.0 Å². The Morgan fingerprint density at radius 1 is 1.29 bits per heavy atom. The predicted octanol–water partition coefficient (Wildman–Crippen LogP) is 2.04. The average Bonchev–Trinajstić information content (AvgIpc) is 2.99. The number of ether oxygens (including phenoxy) is 1. The van der Waals surface area contributed by atoms with Crippen molar-refractivity contribution in [1.82, 2.24) is 0 Å². The number of rotatable bonds is 6. The lowest BCUT2D eigenvalue weighted by atomic mass is 10.3. The lowest BCUT2D eigenvalue weighted by molar-refractivity contribution is -0.139. The first kappa shape index (κ1) is 15.3. The van der Waals surface area contributed by atoms with Crippen LogP contribution in [0.4, 0.5) is 5.69 Å². The van der Waals surface area contributed by atoms with Gasteiger partial charge in [-0.1, -0.05) is 6.07 Å². The molecule has 0 aliphatic carbocycles. The molecule has 21 heavy (non-hydrogen) atoms. The highest BCUT2D eigenvalue weighted by Gasteiger charge is 2.22. The molecule has 0 unspecified atom stereocenters. The zero-order valence-electron chi connectivity index (χ0n) is 11.1. The van der Waals surface area contributed by atoms with Gasteiger partial charge in [0.05, 0.1) is 5.69 Å². The number of hydrogen-bond donors (Lipinski definition) is 1. The van der Waals surface area contributed by atoms with Gasteiger partial charge in [-0.2, -0.15) is 0 Å². The molecule has 0 fully saturated rings. The van der Waals surface area contributed by atoms with E-state index in [1.54, 1.807) is 29.6 Å². The topological polar surface area (TPSA) is 83.9 Å². The summed E-state index contributed by atoms with van der Waals surface area (Å²) in [7, 11) is -2.11. The maximum absolute atomic E-state index is 12.3. The summed E-state index contributed by atoms with van der Waals surface area (Å²) in [6.45, 7) is -0.442. The van der Waals surface area contributed by atoms with Crippen LogP contribution in [0.5, 0.6) is 5.75 Å². The molecular weight excluding hydrogens is 314 g/mol. The van der Waals surface area contributed by atoms with Crippen LogP contribution in [0.2, 0.25) is 0 Å². The predicted molar refractivity (Wildman–Crippen MR) is 79.5 cm³/mol. The smallest absolute Gasteiger partial charge is 0.341 e. The van der Waals surface area contributed by atoms with Crippen molar-refractivity contribution >= 4 is 33.0 Å². The van der Waals surface area contributed by atoms with E-state index in [-0.39, 0.29) is 4.21 Å². The van der Waals surface area contributed by atoms with Crippen molar-refractivity contribution in [3.05, 3.63) is 41.8 Å². The molecule has 6 nitrogen and oxygen atoms in total. The maximum atomic E-state index is 12.3. The van der Waals surface area contributed by atoms with Gasteiger partial charge in [0.1, 0.15) is 9.96 Å². The molecule has 0 saturated heterocycles. The van der Waals surface area contributed by atoms with E-state index < -0.39 is 22.6 Å². The third-order valence-corrected chi connectivity index (χ3v) is 5.83. The van der Waals surface area contributed by atoms with Gasteiger partial charge in [0.2, 0.25) is 0 Å². The van der Waals surface area contributed by atoms with Crippen LogP contribution in [0, 0.1) is 0 Å². The minimum absolute atomic E-state index is 0.260. The molecule has 2 aromatic rings. The Morgan fingerprint density at radius 2 is 1.95 bits per heavy atom. The van der Waals surface area contributed by atoms with E-state index in [1.807, 2.05) is 0 Å². The number of anilines is 1. The SMILES string of the molecule is CN(c1ccc(OCC(=O)O)cc1)S(=O)(=O)c1cccs1. The Balaban J connectivity index is 2.17. The number of carboxylic acids is 1. The second kappa shape index (κ2) is 6.15. The zero-order valence-corrected chi connectivity index (χ0v) is 12.7. The van der Waals surface area contributed by atoms with Crippen molar-refractivity contribution in [2.75, 3.05) is 18.0 Å². The normalized spacial score (nSPS) is 11.1. The van der Waals surface area contributed by atoms with E-state index in [4.69, 9.17) is 9.84 Å². The molecular formula is C13H13NO5S2. The molecule has 112 valence electrons. The van der Waals surface area contributed by atoms with E-state index in [1.165, 1.54) is 23.5 Å². The zero-order chi connectivity index (χ0) is 15.5. The summed E-state index contributed by atoms with van der Waals surface area (Å²) in [5.74, 6) is -0.709. The van der Waals surface area contributed by atoms with Crippen molar-refractivity contribution in [3.8, 4) is 5.75 Å². The van der Waals surface area contributed by atoms with Crippen molar-refractivity contribution in [2.45, 2.75) is 4.21 Å². The van der Waals surface area contributed by atoms with Crippen LogP contribution in [-0.4, -0.2) is 33.1 Å². The summed E-state index contributed by atoms with van der Waals surface area (Å²) in [5.41, 5.74) is 0.464. The minimum atomic E-state index is -3.57. The number of carboxylic acid groups (broad SMARTS) is 1. The van der Waals surface area contributed by atoms with Crippen molar-refractivity contribution < 1.29 is 23.1 Å². The van der Waals surface area contributed by atoms with Gasteiger partial charge in [-0.3, -0.25) is 4.31 Å². The second-order valence-electron chi connectivity index (χ2n) is 4.08. The fraction of sp³-hybridized carbons (Fsp3) is 0.154. The average molecular weight is 327 g/mol. The van der Waals surface area contributed by atoms with Gasteiger partial charge in [0, 0.05) is 7.05 Å². The first-order valence-corrected chi connectivity index (χ1v) is 8.20. The van der Waals surface area contributed by atoms with Crippen LogP contribution in [0.1, 0.15) is 0 Å². The Morgan fingerprint density at radius 3 is 2.48 bits per heavy atom. The largest absolute Gasteiger partial charge is 0.482 e. The summed E-state index contributed by atoms with van der Waals surface area (Å²) in [4.78, 5) is 10.4. The summed E-state index contributed by atoms with van der Waals surface area (Å²) in [5, 5.41) is 10.2. The quantitative estimate of drug-likeness (QED) is 0.877. The third-order valence-electron chi connectivity index (χ3n) is 2.67. The fourth-order valence-electron chi connectivity index (χ4n) is 1.58. The molecule has 1 heterocycles. The van der Waals surface area contributed by atoms with Crippen LogP contribution in [0.3, 0.4) is 0 Å². The van der Waals surface area contributed by atoms with Crippen LogP contribution < -0.4 is 9.04 Å². The number of sulfonamides is 1. The standard InChI is InChI=1S/C13H13NO5S2/c1-14(21(17,18)13-3-2-8-20-13)10-4-6-11(7-5-10)19-9-12(15)16/h2-8H,9H2,1H3,(H,15,16). The molecule has 1 aromatic heterocycles. The van der Waals surface area contributed by atoms with Gasteiger partial charge < -0.3 is 9.84 Å². The van der Waals surface area contributed by atoms with Gasteiger partial charge in [-0.05, 0) is 35.7 Å². The summed E-state index contributed by atoms with van der Waals surface area (Å²) >= 11 is 1.15. The number of benzene rings is 1. The Labute approximate surface area is 126 Å². The van der Waals surface area contributed by atoms with Crippen LogP contribution in [0.25, 0.3) is 0 Å². The van der Waals surface area contributed by atoms with Crippen molar-refractivity contribution in [2.24, 2.45) is 0 Å². The lowest BCUT2D eigenvalue weighted by Crippen LogP contribution is -2.25. The number of thiophene rings is 1. The molecule has 0 atom stereocenters. The molecule has 0 amide bonds. The van der Waals surface area contributed by atoms with E-state index in [2.05, 4.69) is 0 Å². The first-order chi connectivity index (χ1) is 9.91. The third kappa shape index (κ3) is 3.53. The molecule has 1 aromatic carbocycles. The van der Waals surface area contributed by atoms with Crippen molar-refractivity contribution in [3.63, 3.8) is 0 Å². The highest BCUT2D eigenvalue weighted by molar-refractivity contribution is 7.94. The Kier molecular flexibility index (Phi) is 4.49. The first-order valence-electron chi connectivity index (χ1n) is 5.88. The fourth-order valence-corrected chi connectivity index (χ4v) is 3.94. The van der Waals surface area contributed by atoms with E-state index in [0.29, 0.717) is 11.4 Å². The number of aliphatic carboxylic acids is 1. The second-order valence-corrected chi connectivity index (χ2v) is 7.22. The molecule has 0 saturated carbocycles. The number of nitrogens with zero attached hydrogens (tertiary/aromatic N) is 1. The molecule has 0 bridgehead atoms. The minimum Gasteiger partial charge on any atom is -0.482 e. The van der Waals surface area contributed by atoms with Gasteiger partial charge >= 0.3 is 5.97 Å². The molecule has 2 rings (SSSR count). The summed E-state index contributed by atoms with van der Waals surface area (Å²) in [6.07, 6.45) is 0. The summed E-state index contributed by atoms with van der Waals surface area (Å²) in [6, 6.07) is 9.39. The maximum Gasteiger partial charge on any atom is 0.341 e. The monoisotopic (exact) mass is 327 g/mol. The van der Waals surface area contributed by atoms with Gasteiger partial charge in [-0.25, -0.2) is 13.2 Å². The number of carbonyl (C=O) groups is 1. The molecule has 0 aliphatic heterocycles. The molecule has 0 radical (unpaired) electrons. The molecule has 8 heteroatoms. The lowest BCUT2D eigenvalue weighted by Gasteiger charge is -2.18. The Hall–Kier alpha value is -2.06. The van der Waals surface area contributed by atoms with Crippen molar-refractivity contribution in [1.29, 1.82) is 0 Å². The van der Waals surface area contributed by atoms with E-state index >= 15 is 0 Å². The van der Waals surface area contributed by atoms with Gasteiger partial charge in [0.25, 0.3) is 10.0 Å².